The van der Waals surface area contributed by atoms with Gasteiger partial charge in [0.1, 0.15) is 5.82 Å². The molecule has 3 aromatic carbocycles. The number of aromatic amines is 1. The van der Waals surface area contributed by atoms with Gasteiger partial charge in [0, 0.05) is 24.3 Å². The number of nitrogens with one attached hydrogen (secondary N) is 2. The van der Waals surface area contributed by atoms with E-state index in [0.29, 0.717) is 0 Å². The van der Waals surface area contributed by atoms with Gasteiger partial charge in [-0.05, 0) is 23.3 Å². The molecule has 0 aliphatic rings. The highest BCUT2D eigenvalue weighted by molar-refractivity contribution is 5.86. The SMILES string of the molecule is C[C@@H](NCc1c[nH]c(-c2ccccc2)n1)c1cccc2ccccc12. The topological polar surface area (TPSA) is 40.7 Å². The van der Waals surface area contributed by atoms with Crippen LogP contribution in [0.1, 0.15) is 24.2 Å². The lowest BCUT2D eigenvalue weighted by Gasteiger charge is -2.16. The van der Waals surface area contributed by atoms with Crippen molar-refractivity contribution in [1.29, 1.82) is 0 Å². The molecule has 0 bridgehead atoms. The first-order valence-electron chi connectivity index (χ1n) is 8.62. The van der Waals surface area contributed by atoms with Crippen LogP contribution in [0.15, 0.2) is 79.0 Å². The molecule has 0 fully saturated rings. The number of hydrogen-bond acceptors (Lipinski definition) is 2. The molecule has 3 nitrogen and oxygen atoms in total. The van der Waals surface area contributed by atoms with Crippen molar-refractivity contribution in [3.05, 3.63) is 90.3 Å². The Morgan fingerprint density at radius 1 is 0.920 bits per heavy atom. The number of H-pyrrole nitrogens is 1. The molecule has 4 rings (SSSR count). The van der Waals surface area contributed by atoms with Gasteiger partial charge in [0.25, 0.3) is 0 Å². The van der Waals surface area contributed by atoms with Crippen molar-refractivity contribution < 1.29 is 0 Å². The van der Waals surface area contributed by atoms with E-state index in [1.165, 1.54) is 16.3 Å². The molecule has 4 aromatic rings. The van der Waals surface area contributed by atoms with Crippen LogP contribution in [0.25, 0.3) is 22.2 Å². The molecule has 0 spiro atoms. The van der Waals surface area contributed by atoms with Crippen molar-refractivity contribution in [3.63, 3.8) is 0 Å². The predicted molar refractivity (Wildman–Crippen MR) is 103 cm³/mol. The molecule has 0 aliphatic carbocycles. The van der Waals surface area contributed by atoms with Crippen molar-refractivity contribution in [2.24, 2.45) is 0 Å². The molecular formula is C22H21N3. The first kappa shape index (κ1) is 15.6. The van der Waals surface area contributed by atoms with Crippen LogP contribution in [0.3, 0.4) is 0 Å². The zero-order valence-electron chi connectivity index (χ0n) is 14.2. The summed E-state index contributed by atoms with van der Waals surface area (Å²) in [6.07, 6.45) is 1.98. The lowest BCUT2D eigenvalue weighted by Crippen LogP contribution is -2.18. The van der Waals surface area contributed by atoms with Crippen LogP contribution in [0, 0.1) is 0 Å². The summed E-state index contributed by atoms with van der Waals surface area (Å²) in [6.45, 7) is 2.93. The van der Waals surface area contributed by atoms with Crippen molar-refractivity contribution in [2.75, 3.05) is 0 Å². The maximum absolute atomic E-state index is 4.69. The van der Waals surface area contributed by atoms with Crippen molar-refractivity contribution in [3.8, 4) is 11.4 Å². The van der Waals surface area contributed by atoms with Crippen LogP contribution >= 0.6 is 0 Å². The van der Waals surface area contributed by atoms with Gasteiger partial charge in [0.15, 0.2) is 0 Å². The second-order valence-electron chi connectivity index (χ2n) is 6.28. The smallest absolute Gasteiger partial charge is 0.137 e. The molecule has 1 atom stereocenters. The van der Waals surface area contributed by atoms with Gasteiger partial charge in [-0.15, -0.1) is 0 Å². The molecular weight excluding hydrogens is 306 g/mol. The number of nitrogens with zero attached hydrogens (tertiary/aromatic N) is 1. The monoisotopic (exact) mass is 327 g/mol. The third-order valence-corrected chi connectivity index (χ3v) is 4.56. The van der Waals surface area contributed by atoms with Crippen LogP contribution in [0.2, 0.25) is 0 Å². The number of benzene rings is 3. The Kier molecular flexibility index (Phi) is 4.32. The minimum absolute atomic E-state index is 0.253. The Labute approximate surface area is 147 Å². The van der Waals surface area contributed by atoms with Crippen LogP contribution in [0.4, 0.5) is 0 Å². The molecule has 0 amide bonds. The third-order valence-electron chi connectivity index (χ3n) is 4.56. The highest BCUT2D eigenvalue weighted by Crippen LogP contribution is 2.24. The Morgan fingerprint density at radius 3 is 2.56 bits per heavy atom. The lowest BCUT2D eigenvalue weighted by molar-refractivity contribution is 0.572. The van der Waals surface area contributed by atoms with Gasteiger partial charge in [-0.1, -0.05) is 72.8 Å². The number of imidazole rings is 1. The Balaban J connectivity index is 1.49. The van der Waals surface area contributed by atoms with Gasteiger partial charge < -0.3 is 10.3 Å². The summed E-state index contributed by atoms with van der Waals surface area (Å²) in [7, 11) is 0. The minimum Gasteiger partial charge on any atom is -0.344 e. The van der Waals surface area contributed by atoms with E-state index in [1.807, 2.05) is 24.4 Å². The molecule has 1 heterocycles. The lowest BCUT2D eigenvalue weighted by atomic mass is 10.00. The van der Waals surface area contributed by atoms with E-state index in [2.05, 4.69) is 71.8 Å². The molecule has 1 aromatic heterocycles. The van der Waals surface area contributed by atoms with Gasteiger partial charge in [-0.2, -0.15) is 0 Å². The number of fused-ring (bicyclic) bond motifs is 1. The zero-order valence-corrected chi connectivity index (χ0v) is 14.2. The number of hydrogen-bond donors (Lipinski definition) is 2. The fourth-order valence-electron chi connectivity index (χ4n) is 3.19. The molecule has 25 heavy (non-hydrogen) atoms. The van der Waals surface area contributed by atoms with Gasteiger partial charge >= 0.3 is 0 Å². The average molecular weight is 327 g/mol. The summed E-state index contributed by atoms with van der Waals surface area (Å²) in [5, 5.41) is 6.17. The summed E-state index contributed by atoms with van der Waals surface area (Å²) < 4.78 is 0. The number of aromatic nitrogens is 2. The normalized spacial score (nSPS) is 12.4. The summed E-state index contributed by atoms with van der Waals surface area (Å²) in [5.74, 6) is 0.912. The number of rotatable bonds is 5. The van der Waals surface area contributed by atoms with Crippen LogP contribution in [0.5, 0.6) is 0 Å². The maximum atomic E-state index is 4.69. The van der Waals surface area contributed by atoms with E-state index in [4.69, 9.17) is 4.98 Å². The Hall–Kier alpha value is -2.91. The summed E-state index contributed by atoms with van der Waals surface area (Å²) in [5.41, 5.74) is 3.44. The minimum atomic E-state index is 0.253. The Morgan fingerprint density at radius 2 is 1.68 bits per heavy atom. The molecule has 0 aliphatic heterocycles. The van der Waals surface area contributed by atoms with Crippen LogP contribution < -0.4 is 5.32 Å². The molecule has 0 unspecified atom stereocenters. The fraction of sp³-hybridized carbons (Fsp3) is 0.136. The van der Waals surface area contributed by atoms with Crippen LogP contribution in [-0.2, 0) is 6.54 Å². The van der Waals surface area contributed by atoms with Crippen LogP contribution in [-0.4, -0.2) is 9.97 Å². The first-order valence-corrected chi connectivity index (χ1v) is 8.62. The Bertz CT molecular complexity index is 967. The fourth-order valence-corrected chi connectivity index (χ4v) is 3.19. The van der Waals surface area contributed by atoms with E-state index in [0.717, 1.165) is 23.6 Å². The molecule has 3 heteroatoms. The van der Waals surface area contributed by atoms with E-state index in [1.54, 1.807) is 0 Å². The summed E-state index contributed by atoms with van der Waals surface area (Å²) >= 11 is 0. The van der Waals surface area contributed by atoms with E-state index < -0.39 is 0 Å². The molecule has 0 radical (unpaired) electrons. The highest BCUT2D eigenvalue weighted by Gasteiger charge is 2.10. The third kappa shape index (κ3) is 3.32. The summed E-state index contributed by atoms with van der Waals surface area (Å²) in [6, 6.07) is 25.4. The van der Waals surface area contributed by atoms with Gasteiger partial charge in [-0.3, -0.25) is 0 Å². The first-order chi connectivity index (χ1) is 12.3. The van der Waals surface area contributed by atoms with E-state index in [9.17, 15) is 0 Å². The maximum Gasteiger partial charge on any atom is 0.137 e. The van der Waals surface area contributed by atoms with Crippen molar-refractivity contribution in [1.82, 2.24) is 15.3 Å². The van der Waals surface area contributed by atoms with Gasteiger partial charge in [0.05, 0.1) is 5.69 Å². The van der Waals surface area contributed by atoms with E-state index >= 15 is 0 Å². The molecule has 2 N–H and O–H groups in total. The zero-order chi connectivity index (χ0) is 17.1. The standard InChI is InChI=1S/C22H21N3/c1-16(20-13-7-11-17-8-5-6-12-21(17)20)23-14-19-15-24-22(25-19)18-9-3-2-4-10-18/h2-13,15-16,23H,14H2,1H3,(H,24,25)/t16-/m1/s1. The molecule has 0 saturated carbocycles. The van der Waals surface area contributed by atoms with Crippen molar-refractivity contribution in [2.45, 2.75) is 19.5 Å². The predicted octanol–water partition coefficient (Wildman–Crippen LogP) is 5.08. The summed E-state index contributed by atoms with van der Waals surface area (Å²) in [4.78, 5) is 7.95. The molecule has 0 saturated heterocycles. The highest BCUT2D eigenvalue weighted by atomic mass is 15.0. The quantitative estimate of drug-likeness (QED) is 0.536. The molecule has 124 valence electrons. The second kappa shape index (κ2) is 6.91. The van der Waals surface area contributed by atoms with Gasteiger partial charge in [-0.25, -0.2) is 4.98 Å². The second-order valence-corrected chi connectivity index (χ2v) is 6.28. The van der Waals surface area contributed by atoms with E-state index in [-0.39, 0.29) is 6.04 Å². The van der Waals surface area contributed by atoms with Gasteiger partial charge in [0.2, 0.25) is 0 Å². The van der Waals surface area contributed by atoms with Crippen molar-refractivity contribution >= 4 is 10.8 Å². The average Bonchev–Trinajstić information content (AvgIpc) is 3.15. The largest absolute Gasteiger partial charge is 0.344 e.